The molecule has 2 aliphatic carbocycles. The van der Waals surface area contributed by atoms with Crippen LogP contribution >= 0.6 is 0 Å². The van der Waals surface area contributed by atoms with Gasteiger partial charge in [-0.15, -0.1) is 0 Å². The molecule has 2 aromatic carbocycles. The highest BCUT2D eigenvalue weighted by molar-refractivity contribution is 6.31. The van der Waals surface area contributed by atoms with Crippen LogP contribution in [0.1, 0.15) is 95.0 Å². The average Bonchev–Trinajstić information content (AvgIpc) is 3.03. The van der Waals surface area contributed by atoms with E-state index >= 15 is 0 Å². The predicted molar refractivity (Wildman–Crippen MR) is 165 cm³/mol. The first kappa shape index (κ1) is 34.4. The lowest BCUT2D eigenvalue weighted by Crippen LogP contribution is -2.58. The molecule has 1 heterocycles. The highest BCUT2D eigenvalue weighted by Gasteiger charge is 2.49. The van der Waals surface area contributed by atoms with Crippen LogP contribution in [0.15, 0.2) is 18.2 Å². The van der Waals surface area contributed by atoms with Gasteiger partial charge < -0.3 is 51.4 Å². The average molecular weight is 656 g/mol. The Balaban J connectivity index is 1.52. The molecule has 7 atom stereocenters. The van der Waals surface area contributed by atoms with Crippen molar-refractivity contribution < 1.29 is 53.8 Å². The van der Waals surface area contributed by atoms with Gasteiger partial charge in [0, 0.05) is 36.0 Å². The molecule has 0 bridgehead atoms. The van der Waals surface area contributed by atoms with E-state index in [-0.39, 0.29) is 34.4 Å². The van der Waals surface area contributed by atoms with Crippen molar-refractivity contribution in [3.63, 3.8) is 0 Å². The number of phenolic OH excluding ortho intramolecular Hbond substituents is 2. The lowest BCUT2D eigenvalue weighted by Gasteiger charge is -2.43. The molecule has 9 N–H and O–H groups in total. The second-order valence-corrected chi connectivity index (χ2v) is 12.5. The fourth-order valence-electron chi connectivity index (χ4n) is 6.70. The topological polar surface area (TPSA) is 241 Å². The zero-order chi connectivity index (χ0) is 34.4. The summed E-state index contributed by atoms with van der Waals surface area (Å²) in [5.41, 5.74) is 8.18. The molecule has 14 nitrogen and oxygen atoms in total. The van der Waals surface area contributed by atoms with Gasteiger partial charge in [0.2, 0.25) is 11.7 Å². The number of nitrogens with one attached hydrogen (secondary N) is 1. The predicted octanol–water partition coefficient (Wildman–Crippen LogP) is 0.643. The summed E-state index contributed by atoms with van der Waals surface area (Å²) in [4.78, 5) is 53.0. The summed E-state index contributed by atoms with van der Waals surface area (Å²) < 4.78 is 17.4. The number of nitrogens with two attached hydrogens (primary N) is 2. The van der Waals surface area contributed by atoms with E-state index in [1.54, 1.807) is 6.92 Å². The summed E-state index contributed by atoms with van der Waals surface area (Å²) in [5.74, 6) is -3.90. The number of aromatic hydroxyl groups is 2. The molecule has 3 aliphatic rings. The molecular formula is C33H41N3O11. The Kier molecular flexibility index (Phi) is 9.74. The second kappa shape index (κ2) is 13.3. The van der Waals surface area contributed by atoms with Gasteiger partial charge in [-0.2, -0.15) is 0 Å². The maximum Gasteiger partial charge on any atom is 0.237 e. The van der Waals surface area contributed by atoms with Crippen molar-refractivity contribution >= 4 is 23.3 Å². The van der Waals surface area contributed by atoms with Crippen LogP contribution in [0, 0.1) is 0 Å². The van der Waals surface area contributed by atoms with E-state index in [2.05, 4.69) is 5.32 Å². The lowest BCUT2D eigenvalue weighted by molar-refractivity contribution is -0.249. The number of unbranched alkanes of at least 4 members (excludes halogenated alkanes) is 1. The molecule has 2 aromatic rings. The summed E-state index contributed by atoms with van der Waals surface area (Å²) in [5, 5.41) is 48.2. The Morgan fingerprint density at radius 1 is 1.13 bits per heavy atom. The van der Waals surface area contributed by atoms with Gasteiger partial charge in [-0.1, -0.05) is 18.6 Å². The molecule has 1 fully saturated rings. The van der Waals surface area contributed by atoms with E-state index in [1.807, 2.05) is 0 Å². The van der Waals surface area contributed by atoms with Gasteiger partial charge in [-0.3, -0.25) is 19.2 Å². The third-order valence-electron chi connectivity index (χ3n) is 9.39. The molecule has 47 heavy (non-hydrogen) atoms. The van der Waals surface area contributed by atoms with Gasteiger partial charge in [0.15, 0.2) is 17.9 Å². The Bertz CT molecular complexity index is 1610. The standard InChI is InChI=1S/C33H41N3O11/c1-14-27(38)19(36-32(43)18(35)8-4-5-10-34)11-22(46-14)47-21-13-33(44,15(2)37)12-17-24(21)31(42)26-25(29(17)40)28(39)16-7-6-9-20(45-3)23(16)30(26)41/h6-7,9,14,18-19,21-22,27,38,40,42,44H,4-5,8,10-13,34-35H2,1-3H3,(H,36,43)/t14?,18?,19?,21-,22?,27?,33-/m0/s1. The second-order valence-electron chi connectivity index (χ2n) is 12.5. The molecule has 1 saturated heterocycles. The molecule has 0 radical (unpaired) electrons. The molecule has 254 valence electrons. The largest absolute Gasteiger partial charge is 0.507 e. The number of benzene rings is 2. The van der Waals surface area contributed by atoms with Crippen LogP contribution < -0.4 is 21.5 Å². The van der Waals surface area contributed by atoms with E-state index < -0.39 is 101 Å². The van der Waals surface area contributed by atoms with Crippen LogP contribution in [0.5, 0.6) is 17.2 Å². The maximum absolute atomic E-state index is 13.8. The van der Waals surface area contributed by atoms with Crippen molar-refractivity contribution in [2.45, 2.75) is 94.7 Å². The molecule has 1 amide bonds. The van der Waals surface area contributed by atoms with Gasteiger partial charge in [-0.25, -0.2) is 0 Å². The first-order chi connectivity index (χ1) is 22.2. The number of amides is 1. The molecule has 0 aromatic heterocycles. The van der Waals surface area contributed by atoms with Gasteiger partial charge in [0.1, 0.15) is 29.0 Å². The number of ketones is 3. The number of rotatable bonds is 10. The molecule has 0 spiro atoms. The Morgan fingerprint density at radius 3 is 2.49 bits per heavy atom. The number of carbonyl (C=O) groups excluding carboxylic acids is 4. The van der Waals surface area contributed by atoms with E-state index in [0.29, 0.717) is 25.8 Å². The van der Waals surface area contributed by atoms with Crippen molar-refractivity contribution in [1.29, 1.82) is 0 Å². The number of carbonyl (C=O) groups is 4. The van der Waals surface area contributed by atoms with Crippen molar-refractivity contribution in [3.05, 3.63) is 51.6 Å². The van der Waals surface area contributed by atoms with E-state index in [1.165, 1.54) is 25.3 Å². The molecular weight excluding hydrogens is 614 g/mol. The number of fused-ring (bicyclic) bond motifs is 3. The Morgan fingerprint density at radius 2 is 1.83 bits per heavy atom. The lowest BCUT2D eigenvalue weighted by atomic mass is 9.72. The van der Waals surface area contributed by atoms with Crippen LogP contribution in [0.2, 0.25) is 0 Å². The fourth-order valence-corrected chi connectivity index (χ4v) is 6.70. The maximum atomic E-state index is 13.8. The van der Waals surface area contributed by atoms with Crippen molar-refractivity contribution in [2.75, 3.05) is 13.7 Å². The monoisotopic (exact) mass is 655 g/mol. The summed E-state index contributed by atoms with van der Waals surface area (Å²) in [6.45, 7) is 3.19. The number of phenols is 2. The molecule has 1 aliphatic heterocycles. The van der Waals surface area contributed by atoms with Crippen LogP contribution in [0.3, 0.4) is 0 Å². The van der Waals surface area contributed by atoms with Gasteiger partial charge in [0.05, 0.1) is 48.1 Å². The molecule has 5 unspecified atom stereocenters. The zero-order valence-electron chi connectivity index (χ0n) is 26.4. The van der Waals surface area contributed by atoms with E-state index in [4.69, 9.17) is 25.7 Å². The first-order valence-corrected chi connectivity index (χ1v) is 15.6. The van der Waals surface area contributed by atoms with Crippen LogP contribution in [0.4, 0.5) is 0 Å². The third-order valence-corrected chi connectivity index (χ3v) is 9.39. The van der Waals surface area contributed by atoms with Crippen molar-refractivity contribution in [3.8, 4) is 17.2 Å². The summed E-state index contributed by atoms with van der Waals surface area (Å²) in [6.07, 6.45) is -3.70. The van der Waals surface area contributed by atoms with Gasteiger partial charge in [0.25, 0.3) is 0 Å². The minimum Gasteiger partial charge on any atom is -0.507 e. The number of hydrogen-bond donors (Lipinski definition) is 7. The number of ether oxygens (including phenoxy) is 3. The minimum atomic E-state index is -2.08. The minimum absolute atomic E-state index is 0.0442. The molecule has 5 rings (SSSR count). The highest BCUT2D eigenvalue weighted by Crippen LogP contribution is 2.52. The Labute approximate surface area is 271 Å². The molecule has 14 heteroatoms. The van der Waals surface area contributed by atoms with E-state index in [0.717, 1.165) is 6.92 Å². The number of aliphatic hydroxyl groups is 2. The van der Waals surface area contributed by atoms with Crippen LogP contribution in [0.25, 0.3) is 0 Å². The van der Waals surface area contributed by atoms with Crippen LogP contribution in [-0.2, 0) is 25.5 Å². The summed E-state index contributed by atoms with van der Waals surface area (Å²) in [7, 11) is 1.33. The normalized spacial score (nSPS) is 27.3. The number of Topliss-reactive ketones (excluding diaryl/α,β-unsaturated/α-hetero) is 1. The molecule has 0 saturated carbocycles. The quantitative estimate of drug-likeness (QED) is 0.117. The van der Waals surface area contributed by atoms with Crippen molar-refractivity contribution in [1.82, 2.24) is 5.32 Å². The smallest absolute Gasteiger partial charge is 0.237 e. The van der Waals surface area contributed by atoms with Gasteiger partial charge in [-0.05, 0) is 39.3 Å². The van der Waals surface area contributed by atoms with Gasteiger partial charge >= 0.3 is 0 Å². The zero-order valence-corrected chi connectivity index (χ0v) is 26.4. The number of hydrogen-bond acceptors (Lipinski definition) is 13. The highest BCUT2D eigenvalue weighted by atomic mass is 16.7. The number of aliphatic hydroxyl groups excluding tert-OH is 1. The summed E-state index contributed by atoms with van der Waals surface area (Å²) >= 11 is 0. The first-order valence-electron chi connectivity index (χ1n) is 15.6. The number of methoxy groups -OCH3 is 1. The summed E-state index contributed by atoms with van der Waals surface area (Å²) in [6, 6.07) is 2.70. The van der Waals surface area contributed by atoms with Crippen LogP contribution in [-0.4, -0.2) is 93.5 Å². The fraction of sp³-hybridized carbons (Fsp3) is 0.515. The third kappa shape index (κ3) is 6.12. The SMILES string of the molecule is COc1cccc2c1C(=O)c1c(O)c3c(c(O)c1C2=O)C[C@@](O)(C(C)=O)C[C@@H]3OC1CC(NC(=O)C(N)CCCCN)C(O)C(C)O1. The Hall–Kier alpha value is -3.92. The van der Waals surface area contributed by atoms with E-state index in [9.17, 15) is 39.6 Å². The van der Waals surface area contributed by atoms with Crippen molar-refractivity contribution in [2.24, 2.45) is 11.5 Å².